The van der Waals surface area contributed by atoms with Crippen molar-refractivity contribution in [2.45, 2.75) is 25.4 Å². The molecule has 4 heterocycles. The Kier molecular flexibility index (Phi) is 5.93. The van der Waals surface area contributed by atoms with Gasteiger partial charge in [-0.25, -0.2) is 9.97 Å². The normalized spacial score (nSPS) is 14.4. The first kappa shape index (κ1) is 20.4. The zero-order chi connectivity index (χ0) is 21.8. The van der Waals surface area contributed by atoms with Gasteiger partial charge in [0.05, 0.1) is 17.0 Å². The highest BCUT2D eigenvalue weighted by atomic mass is 32.1. The van der Waals surface area contributed by atoms with Crippen molar-refractivity contribution in [3.8, 4) is 10.6 Å². The van der Waals surface area contributed by atoms with Crippen LogP contribution in [-0.2, 0) is 6.54 Å². The van der Waals surface area contributed by atoms with Crippen molar-refractivity contribution in [1.82, 2.24) is 25.1 Å². The summed E-state index contributed by atoms with van der Waals surface area (Å²) in [5.74, 6) is 0.682. The Labute approximate surface area is 190 Å². The molecule has 3 aromatic heterocycles. The molecule has 0 saturated carbocycles. The molecule has 4 aromatic rings. The van der Waals surface area contributed by atoms with Crippen LogP contribution in [0.1, 0.15) is 28.8 Å². The van der Waals surface area contributed by atoms with Crippen LogP contribution in [0.3, 0.4) is 0 Å². The van der Waals surface area contributed by atoms with Crippen molar-refractivity contribution in [3.63, 3.8) is 0 Å². The number of anilines is 1. The number of thiophene rings is 1. The van der Waals surface area contributed by atoms with E-state index < -0.39 is 0 Å². The second kappa shape index (κ2) is 9.32. The number of piperidine rings is 1. The Morgan fingerprint density at radius 2 is 1.81 bits per heavy atom. The molecular weight excluding hydrogens is 420 g/mol. The predicted octanol–water partition coefficient (Wildman–Crippen LogP) is 3.85. The van der Waals surface area contributed by atoms with Crippen molar-refractivity contribution in [2.24, 2.45) is 0 Å². The van der Waals surface area contributed by atoms with E-state index >= 15 is 0 Å². The zero-order valence-corrected chi connectivity index (χ0v) is 18.4. The van der Waals surface area contributed by atoms with E-state index in [1.807, 2.05) is 52.7 Å². The van der Waals surface area contributed by atoms with E-state index in [0.717, 1.165) is 48.0 Å². The summed E-state index contributed by atoms with van der Waals surface area (Å²) in [5.41, 5.74) is 2.51. The van der Waals surface area contributed by atoms with Crippen LogP contribution in [-0.4, -0.2) is 44.8 Å². The molecule has 1 amide bonds. The van der Waals surface area contributed by atoms with Crippen molar-refractivity contribution >= 4 is 23.2 Å². The lowest BCUT2D eigenvalue weighted by molar-refractivity contribution is 0.0931. The molecule has 162 valence electrons. The maximum atomic E-state index is 13.2. The summed E-state index contributed by atoms with van der Waals surface area (Å²) in [6.45, 7) is 2.27. The molecule has 32 heavy (non-hydrogen) atoms. The molecule has 0 atom stereocenters. The number of nitrogens with zero attached hydrogens (tertiary/aromatic N) is 5. The minimum absolute atomic E-state index is 0.0675. The Bertz CT molecular complexity index is 1150. The van der Waals surface area contributed by atoms with Crippen LogP contribution < -0.4 is 10.2 Å². The Morgan fingerprint density at radius 1 is 1.03 bits per heavy atom. The van der Waals surface area contributed by atoms with Crippen molar-refractivity contribution in [1.29, 1.82) is 0 Å². The van der Waals surface area contributed by atoms with E-state index in [4.69, 9.17) is 5.10 Å². The smallest absolute Gasteiger partial charge is 0.255 e. The van der Waals surface area contributed by atoms with E-state index in [1.165, 1.54) is 0 Å². The molecule has 1 fully saturated rings. The molecule has 7 nitrogen and oxygen atoms in total. The van der Waals surface area contributed by atoms with E-state index in [1.54, 1.807) is 23.7 Å². The number of hydrogen-bond acceptors (Lipinski definition) is 6. The first-order chi connectivity index (χ1) is 15.8. The fourth-order valence-corrected chi connectivity index (χ4v) is 4.70. The van der Waals surface area contributed by atoms with Crippen LogP contribution in [0.5, 0.6) is 0 Å². The molecule has 1 saturated heterocycles. The second-order valence-corrected chi connectivity index (χ2v) is 8.78. The first-order valence-corrected chi connectivity index (χ1v) is 11.6. The molecule has 5 rings (SSSR count). The van der Waals surface area contributed by atoms with Gasteiger partial charge >= 0.3 is 0 Å². The Hall–Kier alpha value is -3.52. The molecule has 1 N–H and O–H groups in total. The van der Waals surface area contributed by atoms with Gasteiger partial charge in [0, 0.05) is 37.7 Å². The first-order valence-electron chi connectivity index (χ1n) is 10.7. The highest BCUT2D eigenvalue weighted by molar-refractivity contribution is 7.13. The summed E-state index contributed by atoms with van der Waals surface area (Å²) < 4.78 is 1.86. The molecule has 1 aromatic carbocycles. The van der Waals surface area contributed by atoms with Gasteiger partial charge in [-0.2, -0.15) is 5.10 Å². The van der Waals surface area contributed by atoms with E-state index in [9.17, 15) is 4.79 Å². The largest absolute Gasteiger partial charge is 0.349 e. The highest BCUT2D eigenvalue weighted by Gasteiger charge is 2.25. The average molecular weight is 445 g/mol. The summed E-state index contributed by atoms with van der Waals surface area (Å²) in [4.78, 5) is 25.1. The van der Waals surface area contributed by atoms with Crippen molar-refractivity contribution in [3.05, 3.63) is 83.6 Å². The van der Waals surface area contributed by atoms with Gasteiger partial charge in [0.25, 0.3) is 5.91 Å². The number of aromatic nitrogens is 4. The number of benzene rings is 1. The molecule has 0 radical (unpaired) electrons. The van der Waals surface area contributed by atoms with Gasteiger partial charge in [-0.05, 0) is 35.9 Å². The third kappa shape index (κ3) is 4.55. The summed E-state index contributed by atoms with van der Waals surface area (Å²) in [5, 5.41) is 10.00. The molecule has 1 aliphatic rings. The minimum atomic E-state index is -0.0675. The molecule has 0 bridgehead atoms. The highest BCUT2D eigenvalue weighted by Crippen LogP contribution is 2.27. The maximum absolute atomic E-state index is 13.2. The number of rotatable bonds is 6. The van der Waals surface area contributed by atoms with Crippen LogP contribution in [0.4, 0.5) is 5.95 Å². The maximum Gasteiger partial charge on any atom is 0.255 e. The van der Waals surface area contributed by atoms with E-state index in [0.29, 0.717) is 12.1 Å². The van der Waals surface area contributed by atoms with E-state index in [2.05, 4.69) is 32.3 Å². The molecule has 1 aliphatic heterocycles. The van der Waals surface area contributed by atoms with E-state index in [-0.39, 0.29) is 11.9 Å². The van der Waals surface area contributed by atoms with Crippen LogP contribution >= 0.6 is 11.3 Å². The quantitative estimate of drug-likeness (QED) is 0.489. The van der Waals surface area contributed by atoms with Gasteiger partial charge in [0.1, 0.15) is 5.69 Å². The second-order valence-electron chi connectivity index (χ2n) is 7.84. The monoisotopic (exact) mass is 444 g/mol. The summed E-state index contributed by atoms with van der Waals surface area (Å²) in [6.07, 6.45) is 7.10. The molecule has 0 unspecified atom stereocenters. The SMILES string of the molecule is O=C(NC1CCN(c2ncccn2)CC1)c1cn(Cc2ccccc2)nc1-c1cccs1. The topological polar surface area (TPSA) is 75.9 Å². The molecule has 0 aliphatic carbocycles. The third-order valence-electron chi connectivity index (χ3n) is 5.61. The van der Waals surface area contributed by atoms with Gasteiger partial charge in [0.15, 0.2) is 0 Å². The predicted molar refractivity (Wildman–Crippen MR) is 126 cm³/mol. The molecule has 8 heteroatoms. The number of hydrogen-bond donors (Lipinski definition) is 1. The van der Waals surface area contributed by atoms with Gasteiger partial charge in [-0.3, -0.25) is 9.48 Å². The zero-order valence-electron chi connectivity index (χ0n) is 17.6. The van der Waals surface area contributed by atoms with Gasteiger partial charge in [0.2, 0.25) is 5.95 Å². The fraction of sp³-hybridized carbons (Fsp3) is 0.250. The molecule has 0 spiro atoms. The minimum Gasteiger partial charge on any atom is -0.349 e. The van der Waals surface area contributed by atoms with Crippen LogP contribution in [0.25, 0.3) is 10.6 Å². The molecular formula is C24H24N6OS. The average Bonchev–Trinajstić information content (AvgIpc) is 3.51. The van der Waals surface area contributed by atoms with Crippen LogP contribution in [0.2, 0.25) is 0 Å². The van der Waals surface area contributed by atoms with Crippen molar-refractivity contribution in [2.75, 3.05) is 18.0 Å². The summed E-state index contributed by atoms with van der Waals surface area (Å²) in [6, 6.07) is 16.1. The Morgan fingerprint density at radius 3 is 2.53 bits per heavy atom. The lowest BCUT2D eigenvalue weighted by Gasteiger charge is -2.32. The lowest BCUT2D eigenvalue weighted by Crippen LogP contribution is -2.45. The number of carbonyl (C=O) groups is 1. The number of amides is 1. The lowest BCUT2D eigenvalue weighted by atomic mass is 10.0. The number of nitrogens with one attached hydrogen (secondary N) is 1. The van der Waals surface area contributed by atoms with Gasteiger partial charge in [-0.15, -0.1) is 11.3 Å². The Balaban J connectivity index is 1.30. The van der Waals surface area contributed by atoms with Gasteiger partial charge in [-0.1, -0.05) is 36.4 Å². The summed E-state index contributed by atoms with van der Waals surface area (Å²) in [7, 11) is 0. The fourth-order valence-electron chi connectivity index (χ4n) is 3.98. The summed E-state index contributed by atoms with van der Waals surface area (Å²) >= 11 is 1.59. The van der Waals surface area contributed by atoms with Crippen molar-refractivity contribution < 1.29 is 4.79 Å². The standard InChI is InChI=1S/C24H24N6OS/c31-23(27-19-9-13-29(14-10-19)24-25-11-5-12-26-24)20-17-30(16-18-6-2-1-3-7-18)28-22(20)21-8-4-15-32-21/h1-8,11-12,15,17,19H,9-10,13-14,16H2,(H,27,31). The van der Waals surface area contributed by atoms with Crippen LogP contribution in [0, 0.1) is 0 Å². The third-order valence-corrected chi connectivity index (χ3v) is 6.49. The van der Waals surface area contributed by atoms with Crippen LogP contribution in [0.15, 0.2) is 72.5 Å². The van der Waals surface area contributed by atoms with Gasteiger partial charge < -0.3 is 10.2 Å². The number of carbonyl (C=O) groups excluding carboxylic acids is 1.